The third-order valence-electron chi connectivity index (χ3n) is 3.89. The molecule has 0 radical (unpaired) electrons. The molecule has 6 nitrogen and oxygen atoms in total. The van der Waals surface area contributed by atoms with Gasteiger partial charge in [-0.05, 0) is 31.2 Å². The Kier molecular flexibility index (Phi) is 6.21. The fourth-order valence-corrected chi connectivity index (χ4v) is 3.28. The first-order valence-corrected chi connectivity index (χ1v) is 8.50. The molecule has 1 aliphatic heterocycles. The summed E-state index contributed by atoms with van der Waals surface area (Å²) < 4.78 is 0. The van der Waals surface area contributed by atoms with Gasteiger partial charge in [0.1, 0.15) is 0 Å². The minimum Gasteiger partial charge on any atom is -0.358 e. The lowest BCUT2D eigenvalue weighted by Gasteiger charge is -2.32. The Hall–Kier alpha value is -1.60. The maximum absolute atomic E-state index is 12.0. The van der Waals surface area contributed by atoms with Gasteiger partial charge in [0.25, 0.3) is 0 Å². The van der Waals surface area contributed by atoms with Gasteiger partial charge in [-0.1, -0.05) is 6.07 Å². The highest BCUT2D eigenvalue weighted by atomic mass is 32.1. The van der Waals surface area contributed by atoms with Crippen molar-refractivity contribution in [3.05, 3.63) is 22.4 Å². The number of nitrogens with one attached hydrogen (secondary N) is 3. The molecule has 1 aliphatic rings. The molecule has 122 valence electrons. The number of carbonyl (C=O) groups excluding carboxylic acids is 2. The molecule has 3 amide bonds. The van der Waals surface area contributed by atoms with E-state index in [2.05, 4.69) is 20.9 Å². The molecule has 0 aliphatic carbocycles. The van der Waals surface area contributed by atoms with Gasteiger partial charge in [-0.15, -0.1) is 11.3 Å². The number of piperidine rings is 1. The zero-order chi connectivity index (χ0) is 15.9. The molecule has 0 saturated carbocycles. The molecule has 2 heterocycles. The van der Waals surface area contributed by atoms with Crippen LogP contribution in [-0.4, -0.2) is 49.6 Å². The minimum absolute atomic E-state index is 0.0216. The van der Waals surface area contributed by atoms with Crippen LogP contribution < -0.4 is 16.0 Å². The van der Waals surface area contributed by atoms with Gasteiger partial charge in [0.2, 0.25) is 5.91 Å². The van der Waals surface area contributed by atoms with Gasteiger partial charge in [0, 0.05) is 31.1 Å². The molecule has 0 unspecified atom stereocenters. The number of nitrogens with zero attached hydrogens (tertiary/aromatic N) is 1. The molecule has 1 aromatic heterocycles. The third kappa shape index (κ3) is 4.99. The second-order valence-electron chi connectivity index (χ2n) is 5.58. The van der Waals surface area contributed by atoms with E-state index in [-0.39, 0.29) is 24.0 Å². The zero-order valence-corrected chi connectivity index (χ0v) is 13.9. The summed E-state index contributed by atoms with van der Waals surface area (Å²) in [4.78, 5) is 26.6. The Balaban J connectivity index is 1.69. The van der Waals surface area contributed by atoms with Crippen LogP contribution in [0.25, 0.3) is 0 Å². The first kappa shape index (κ1) is 16.8. The fraction of sp³-hybridized carbons (Fsp3) is 0.600. The standard InChI is InChI=1S/C15H24N4O2S/c1-11(13-4-3-9-22-13)17-15(21)18-12-5-7-19(8-6-12)10-14(20)16-2/h3-4,9,11-12H,5-8,10H2,1-2H3,(H,16,20)(H2,17,18,21)/t11-/m0/s1. The fourth-order valence-electron chi connectivity index (χ4n) is 2.55. The molecule has 1 aromatic rings. The topological polar surface area (TPSA) is 73.5 Å². The van der Waals surface area contributed by atoms with Crippen molar-refractivity contribution in [1.29, 1.82) is 0 Å². The van der Waals surface area contributed by atoms with E-state index in [0.29, 0.717) is 6.54 Å². The maximum Gasteiger partial charge on any atom is 0.315 e. The van der Waals surface area contributed by atoms with Crippen molar-refractivity contribution < 1.29 is 9.59 Å². The average Bonchev–Trinajstić information content (AvgIpc) is 3.03. The third-order valence-corrected chi connectivity index (χ3v) is 4.94. The van der Waals surface area contributed by atoms with Gasteiger partial charge < -0.3 is 16.0 Å². The number of likely N-dealkylation sites (N-methyl/N-ethyl adjacent to an activating group) is 1. The molecule has 1 atom stereocenters. The summed E-state index contributed by atoms with van der Waals surface area (Å²) in [5.74, 6) is 0.0360. The van der Waals surface area contributed by atoms with Crippen molar-refractivity contribution in [1.82, 2.24) is 20.9 Å². The van der Waals surface area contributed by atoms with Crippen LogP contribution >= 0.6 is 11.3 Å². The Bertz CT molecular complexity index is 484. The lowest BCUT2D eigenvalue weighted by atomic mass is 10.1. The van der Waals surface area contributed by atoms with Crippen LogP contribution in [0, 0.1) is 0 Å². The molecule has 2 rings (SSSR count). The molecule has 1 fully saturated rings. The van der Waals surface area contributed by atoms with Crippen molar-refractivity contribution in [2.75, 3.05) is 26.7 Å². The van der Waals surface area contributed by atoms with E-state index in [1.54, 1.807) is 18.4 Å². The number of likely N-dealkylation sites (tertiary alicyclic amines) is 1. The zero-order valence-electron chi connectivity index (χ0n) is 13.1. The molecule has 1 saturated heterocycles. The minimum atomic E-state index is -0.120. The number of hydrogen-bond acceptors (Lipinski definition) is 4. The first-order chi connectivity index (χ1) is 10.6. The summed E-state index contributed by atoms with van der Waals surface area (Å²) in [6.07, 6.45) is 1.75. The summed E-state index contributed by atoms with van der Waals surface area (Å²) in [7, 11) is 1.65. The van der Waals surface area contributed by atoms with E-state index < -0.39 is 0 Å². The van der Waals surface area contributed by atoms with E-state index in [1.807, 2.05) is 24.4 Å². The Morgan fingerprint density at radius 2 is 2.14 bits per heavy atom. The van der Waals surface area contributed by atoms with Gasteiger partial charge in [0.05, 0.1) is 12.6 Å². The molecule has 7 heteroatoms. The molecule has 0 spiro atoms. The predicted octanol–water partition coefficient (Wildman–Crippen LogP) is 1.32. The quantitative estimate of drug-likeness (QED) is 0.765. The van der Waals surface area contributed by atoms with E-state index in [9.17, 15) is 9.59 Å². The van der Waals surface area contributed by atoms with E-state index in [1.165, 1.54) is 0 Å². The SMILES string of the molecule is CNC(=O)CN1CCC(NC(=O)N[C@@H](C)c2cccs2)CC1. The number of rotatable bonds is 5. The second-order valence-corrected chi connectivity index (χ2v) is 6.56. The number of carbonyl (C=O) groups is 2. The monoisotopic (exact) mass is 324 g/mol. The maximum atomic E-state index is 12.0. The smallest absolute Gasteiger partial charge is 0.315 e. The van der Waals surface area contributed by atoms with Crippen LogP contribution in [0.3, 0.4) is 0 Å². The summed E-state index contributed by atoms with van der Waals surface area (Å²) in [6.45, 7) is 4.08. The highest BCUT2D eigenvalue weighted by molar-refractivity contribution is 7.10. The van der Waals surface area contributed by atoms with Gasteiger partial charge in [-0.25, -0.2) is 4.79 Å². The van der Waals surface area contributed by atoms with Gasteiger partial charge in [-0.2, -0.15) is 0 Å². The largest absolute Gasteiger partial charge is 0.358 e. The van der Waals surface area contributed by atoms with Crippen molar-refractivity contribution in [2.45, 2.75) is 31.8 Å². The number of amides is 3. The van der Waals surface area contributed by atoms with Crippen molar-refractivity contribution in [3.63, 3.8) is 0 Å². The summed E-state index contributed by atoms with van der Waals surface area (Å²) in [5.41, 5.74) is 0. The molecular formula is C15H24N4O2S. The highest BCUT2D eigenvalue weighted by Crippen LogP contribution is 2.18. The number of hydrogen-bond donors (Lipinski definition) is 3. The van der Waals surface area contributed by atoms with Crippen LogP contribution in [0.15, 0.2) is 17.5 Å². The molecule has 0 bridgehead atoms. The van der Waals surface area contributed by atoms with Crippen molar-refractivity contribution in [3.8, 4) is 0 Å². The van der Waals surface area contributed by atoms with Crippen molar-refractivity contribution >= 4 is 23.3 Å². The van der Waals surface area contributed by atoms with E-state index in [0.717, 1.165) is 30.8 Å². The summed E-state index contributed by atoms with van der Waals surface area (Å²) in [5, 5.41) is 10.6. The molecule has 0 aromatic carbocycles. The predicted molar refractivity (Wildman–Crippen MR) is 87.9 cm³/mol. The number of urea groups is 1. The lowest BCUT2D eigenvalue weighted by Crippen LogP contribution is -2.49. The van der Waals surface area contributed by atoms with Gasteiger partial charge in [-0.3, -0.25) is 9.69 Å². The Morgan fingerprint density at radius 1 is 1.41 bits per heavy atom. The highest BCUT2D eigenvalue weighted by Gasteiger charge is 2.22. The Morgan fingerprint density at radius 3 is 2.73 bits per heavy atom. The first-order valence-electron chi connectivity index (χ1n) is 7.62. The van der Waals surface area contributed by atoms with Gasteiger partial charge >= 0.3 is 6.03 Å². The lowest BCUT2D eigenvalue weighted by molar-refractivity contribution is -0.122. The van der Waals surface area contributed by atoms with Crippen molar-refractivity contribution in [2.24, 2.45) is 0 Å². The summed E-state index contributed by atoms with van der Waals surface area (Å²) >= 11 is 1.64. The number of thiophene rings is 1. The van der Waals surface area contributed by atoms with Crippen LogP contribution in [0.1, 0.15) is 30.7 Å². The second kappa shape index (κ2) is 8.14. The normalized spacial score (nSPS) is 17.7. The van der Waals surface area contributed by atoms with E-state index >= 15 is 0 Å². The van der Waals surface area contributed by atoms with Crippen LogP contribution in [-0.2, 0) is 4.79 Å². The molecule has 22 heavy (non-hydrogen) atoms. The van der Waals surface area contributed by atoms with Crippen LogP contribution in [0.2, 0.25) is 0 Å². The molecular weight excluding hydrogens is 300 g/mol. The van der Waals surface area contributed by atoms with Crippen LogP contribution in [0.5, 0.6) is 0 Å². The molecule has 3 N–H and O–H groups in total. The Labute approximate surface area is 135 Å². The van der Waals surface area contributed by atoms with Gasteiger partial charge in [0.15, 0.2) is 0 Å². The summed E-state index contributed by atoms with van der Waals surface area (Å²) in [6, 6.07) is 4.08. The van der Waals surface area contributed by atoms with Crippen LogP contribution in [0.4, 0.5) is 4.79 Å². The van der Waals surface area contributed by atoms with E-state index in [4.69, 9.17) is 0 Å². The average molecular weight is 324 g/mol.